The third kappa shape index (κ3) is 3.81. The number of sulfonamides is 1. The van der Waals surface area contributed by atoms with Crippen molar-refractivity contribution in [2.75, 3.05) is 12.3 Å². The Labute approximate surface area is 112 Å². The van der Waals surface area contributed by atoms with Crippen LogP contribution in [0.4, 0.5) is 23.2 Å². The van der Waals surface area contributed by atoms with E-state index in [2.05, 4.69) is 0 Å². The average molecular weight is 316 g/mol. The first kappa shape index (κ1) is 16.7. The van der Waals surface area contributed by atoms with Crippen molar-refractivity contribution < 1.29 is 31.1 Å². The fourth-order valence-corrected chi connectivity index (χ4v) is 2.46. The fraction of sp³-hybridized carbons (Fsp3) is 0.400. The molecule has 0 aliphatic carbocycles. The quantitative estimate of drug-likeness (QED) is 0.569. The van der Waals surface area contributed by atoms with Gasteiger partial charge in [-0.2, -0.15) is 13.2 Å². The van der Waals surface area contributed by atoms with E-state index < -0.39 is 45.2 Å². The Kier molecular flexibility index (Phi) is 4.62. The molecule has 0 aliphatic rings. The molecule has 20 heavy (non-hydrogen) atoms. The van der Waals surface area contributed by atoms with Crippen molar-refractivity contribution in [3.8, 4) is 0 Å². The molecule has 5 nitrogen and oxygen atoms in total. The summed E-state index contributed by atoms with van der Waals surface area (Å²) >= 11 is 0. The van der Waals surface area contributed by atoms with Crippen molar-refractivity contribution in [1.29, 1.82) is 0 Å². The molecule has 0 heterocycles. The smallest absolute Gasteiger partial charge is 0.396 e. The largest absolute Gasteiger partial charge is 0.415 e. The van der Waals surface area contributed by atoms with E-state index in [1.807, 2.05) is 0 Å². The zero-order valence-corrected chi connectivity index (χ0v) is 11.0. The van der Waals surface area contributed by atoms with Crippen LogP contribution in [0.1, 0.15) is 5.56 Å². The van der Waals surface area contributed by atoms with Gasteiger partial charge < -0.3 is 10.8 Å². The normalized spacial score (nSPS) is 14.3. The lowest BCUT2D eigenvalue weighted by Crippen LogP contribution is -2.40. The molecule has 1 unspecified atom stereocenters. The molecule has 1 rings (SSSR count). The number of aliphatic hydroxyl groups is 1. The van der Waals surface area contributed by atoms with Gasteiger partial charge in [0.1, 0.15) is 5.82 Å². The monoisotopic (exact) mass is 316 g/mol. The summed E-state index contributed by atoms with van der Waals surface area (Å²) in [6.07, 6.45) is -7.78. The molecule has 1 aromatic carbocycles. The van der Waals surface area contributed by atoms with Crippen molar-refractivity contribution in [2.45, 2.75) is 24.1 Å². The number of halogens is 4. The molecule has 0 amide bonds. The van der Waals surface area contributed by atoms with E-state index in [0.29, 0.717) is 0 Å². The number of nitrogen functional groups attached to an aromatic ring is 1. The van der Waals surface area contributed by atoms with Gasteiger partial charge >= 0.3 is 6.18 Å². The number of nitrogens with two attached hydrogens (primary N) is 1. The molecular formula is C10H12F4N2O3S. The van der Waals surface area contributed by atoms with Crippen LogP contribution >= 0.6 is 0 Å². The first-order valence-corrected chi connectivity index (χ1v) is 6.73. The Balaban J connectivity index is 2.96. The molecular weight excluding hydrogens is 304 g/mol. The minimum absolute atomic E-state index is 0.0678. The Morgan fingerprint density at radius 3 is 2.40 bits per heavy atom. The number of rotatable bonds is 4. The van der Waals surface area contributed by atoms with E-state index in [-0.39, 0.29) is 5.56 Å². The summed E-state index contributed by atoms with van der Waals surface area (Å²) in [6.45, 7) is 0.0113. The lowest BCUT2D eigenvalue weighted by molar-refractivity contribution is -0.200. The van der Waals surface area contributed by atoms with Gasteiger partial charge in [0.15, 0.2) is 6.10 Å². The number of benzene rings is 1. The van der Waals surface area contributed by atoms with Crippen LogP contribution in [0.25, 0.3) is 0 Å². The maximum Gasteiger partial charge on any atom is 0.415 e. The maximum atomic E-state index is 13.2. The lowest BCUT2D eigenvalue weighted by atomic mass is 10.2. The van der Waals surface area contributed by atoms with Crippen LogP contribution in [0.5, 0.6) is 0 Å². The summed E-state index contributed by atoms with van der Waals surface area (Å²) < 4.78 is 74.4. The van der Waals surface area contributed by atoms with Gasteiger partial charge in [-0.25, -0.2) is 17.5 Å². The van der Waals surface area contributed by atoms with E-state index in [0.717, 1.165) is 12.1 Å². The van der Waals surface area contributed by atoms with Crippen molar-refractivity contribution >= 4 is 15.7 Å². The van der Waals surface area contributed by atoms with Gasteiger partial charge in [-0.15, -0.1) is 0 Å². The van der Waals surface area contributed by atoms with Gasteiger partial charge in [0, 0.05) is 6.54 Å². The Bertz CT molecular complexity index is 578. The number of aryl methyl sites for hydroxylation is 1. The number of nitrogens with one attached hydrogen (secondary N) is 1. The van der Waals surface area contributed by atoms with Crippen LogP contribution in [0.3, 0.4) is 0 Å². The molecule has 1 aromatic rings. The first-order chi connectivity index (χ1) is 8.95. The Morgan fingerprint density at radius 1 is 1.40 bits per heavy atom. The van der Waals surface area contributed by atoms with Crippen molar-refractivity contribution in [3.05, 3.63) is 23.5 Å². The van der Waals surface area contributed by atoms with Crippen LogP contribution in [-0.4, -0.2) is 32.3 Å². The second-order valence-electron chi connectivity index (χ2n) is 4.05. The number of anilines is 1. The van der Waals surface area contributed by atoms with Crippen LogP contribution in [0, 0.1) is 12.7 Å². The summed E-state index contributed by atoms with van der Waals surface area (Å²) in [5.74, 6) is -0.806. The van der Waals surface area contributed by atoms with Gasteiger partial charge in [0.25, 0.3) is 0 Å². The third-order valence-electron chi connectivity index (χ3n) is 2.41. The number of hydrogen-bond donors (Lipinski definition) is 3. The third-order valence-corrected chi connectivity index (χ3v) is 3.81. The summed E-state index contributed by atoms with van der Waals surface area (Å²) in [5.41, 5.74) is 4.74. The van der Waals surface area contributed by atoms with E-state index in [1.54, 1.807) is 4.72 Å². The number of alkyl halides is 3. The van der Waals surface area contributed by atoms with Crippen LogP contribution in [0.15, 0.2) is 17.0 Å². The molecule has 1 atom stereocenters. The topological polar surface area (TPSA) is 92.4 Å². The first-order valence-electron chi connectivity index (χ1n) is 5.25. The van der Waals surface area contributed by atoms with Crippen LogP contribution in [-0.2, 0) is 10.0 Å². The zero-order valence-electron chi connectivity index (χ0n) is 10.2. The number of aliphatic hydroxyl groups excluding tert-OH is 1. The summed E-state index contributed by atoms with van der Waals surface area (Å²) in [6, 6.07) is 1.71. The molecule has 0 saturated heterocycles. The second-order valence-corrected chi connectivity index (χ2v) is 5.82. The lowest BCUT2D eigenvalue weighted by Gasteiger charge is -2.15. The van der Waals surface area contributed by atoms with Gasteiger partial charge in [-0.3, -0.25) is 0 Å². The predicted octanol–water partition coefficient (Wildman–Crippen LogP) is 0.918. The van der Waals surface area contributed by atoms with Gasteiger partial charge in [0.05, 0.1) is 10.6 Å². The Morgan fingerprint density at radius 2 is 1.95 bits per heavy atom. The molecule has 0 spiro atoms. The summed E-state index contributed by atoms with van der Waals surface area (Å²) in [7, 11) is -4.33. The molecule has 0 aliphatic heterocycles. The maximum absolute atomic E-state index is 13.2. The number of hydrogen-bond acceptors (Lipinski definition) is 4. The van der Waals surface area contributed by atoms with Crippen molar-refractivity contribution in [2.24, 2.45) is 0 Å². The van der Waals surface area contributed by atoms with Gasteiger partial charge in [0.2, 0.25) is 10.0 Å². The minimum atomic E-state index is -4.94. The molecule has 0 saturated carbocycles. The van der Waals surface area contributed by atoms with Gasteiger partial charge in [-0.1, -0.05) is 0 Å². The van der Waals surface area contributed by atoms with Crippen LogP contribution < -0.4 is 10.5 Å². The van der Waals surface area contributed by atoms with E-state index >= 15 is 0 Å². The summed E-state index contributed by atoms with van der Waals surface area (Å²) in [4.78, 5) is -0.483. The molecule has 10 heteroatoms. The zero-order chi connectivity index (χ0) is 15.7. The Hall–Kier alpha value is -1.39. The highest BCUT2D eigenvalue weighted by molar-refractivity contribution is 7.89. The van der Waals surface area contributed by atoms with Crippen LogP contribution in [0.2, 0.25) is 0 Å². The van der Waals surface area contributed by atoms with E-state index in [9.17, 15) is 26.0 Å². The average Bonchev–Trinajstić information content (AvgIpc) is 2.31. The fourth-order valence-electron chi connectivity index (χ4n) is 1.31. The molecule has 114 valence electrons. The molecule has 0 aromatic heterocycles. The van der Waals surface area contributed by atoms with Gasteiger partial charge in [-0.05, 0) is 24.6 Å². The molecule has 0 bridgehead atoms. The second kappa shape index (κ2) is 5.54. The predicted molar refractivity (Wildman–Crippen MR) is 62.8 cm³/mol. The SMILES string of the molecule is Cc1cc(S(=O)(=O)NCC(O)C(F)(F)F)cc(N)c1F. The van der Waals surface area contributed by atoms with E-state index in [4.69, 9.17) is 10.8 Å². The van der Waals surface area contributed by atoms with Crippen molar-refractivity contribution in [1.82, 2.24) is 4.72 Å². The van der Waals surface area contributed by atoms with Crippen molar-refractivity contribution in [3.63, 3.8) is 0 Å². The molecule has 4 N–H and O–H groups in total. The van der Waals surface area contributed by atoms with E-state index in [1.165, 1.54) is 6.92 Å². The standard InChI is InChI=1S/C10H12F4N2O3S/c1-5-2-6(3-7(15)9(5)11)20(18,19)16-4-8(17)10(12,13)14/h2-3,8,16-17H,4,15H2,1H3. The highest BCUT2D eigenvalue weighted by Crippen LogP contribution is 2.22. The highest BCUT2D eigenvalue weighted by Gasteiger charge is 2.38. The highest BCUT2D eigenvalue weighted by atomic mass is 32.2. The summed E-state index contributed by atoms with van der Waals surface area (Å²) in [5, 5.41) is 8.71. The molecule has 0 fully saturated rings. The molecule has 0 radical (unpaired) electrons. The minimum Gasteiger partial charge on any atom is -0.396 e.